The van der Waals surface area contributed by atoms with Crippen LogP contribution in [0.25, 0.3) is 0 Å². The number of methoxy groups -OCH3 is 1. The lowest BCUT2D eigenvalue weighted by molar-refractivity contribution is 0.0975. The summed E-state index contributed by atoms with van der Waals surface area (Å²) in [7, 11) is 1.65. The Hall–Kier alpha value is -1.80. The monoisotopic (exact) mass is 284 g/mol. The van der Waals surface area contributed by atoms with E-state index in [9.17, 15) is 5.11 Å². The summed E-state index contributed by atoms with van der Waals surface area (Å²) in [6.07, 6.45) is 0. The van der Waals surface area contributed by atoms with Gasteiger partial charge in [0.15, 0.2) is 0 Å². The molecule has 0 aliphatic carbocycles. The van der Waals surface area contributed by atoms with E-state index >= 15 is 0 Å². The van der Waals surface area contributed by atoms with Crippen molar-refractivity contribution in [1.82, 2.24) is 0 Å². The second kappa shape index (κ2) is 5.53. The standard InChI is InChI=1S/C19H24O2/c1-12-7-8-14(3)16(10-12)19(5,20)18-15(4)9-13(2)11-17(18)21-6/h7-11,20H,1-6H3. The molecule has 0 amide bonds. The van der Waals surface area contributed by atoms with Gasteiger partial charge in [-0.3, -0.25) is 0 Å². The molecule has 2 nitrogen and oxygen atoms in total. The van der Waals surface area contributed by atoms with E-state index in [1.807, 2.05) is 46.8 Å². The minimum absolute atomic E-state index is 0.735. The van der Waals surface area contributed by atoms with Crippen LogP contribution < -0.4 is 4.74 Å². The van der Waals surface area contributed by atoms with Crippen LogP contribution in [-0.2, 0) is 5.60 Å². The molecule has 0 aliphatic rings. The first-order valence-corrected chi connectivity index (χ1v) is 7.23. The topological polar surface area (TPSA) is 29.5 Å². The number of rotatable bonds is 3. The van der Waals surface area contributed by atoms with Crippen molar-refractivity contribution in [2.75, 3.05) is 7.11 Å². The molecule has 0 aliphatic heterocycles. The molecule has 2 heteroatoms. The van der Waals surface area contributed by atoms with Crippen LogP contribution in [0.15, 0.2) is 30.3 Å². The maximum absolute atomic E-state index is 11.3. The first kappa shape index (κ1) is 15.6. The third kappa shape index (κ3) is 2.81. The van der Waals surface area contributed by atoms with E-state index in [1.165, 1.54) is 0 Å². The van der Waals surface area contributed by atoms with E-state index in [1.54, 1.807) is 7.11 Å². The molecule has 1 atom stereocenters. The molecule has 0 saturated carbocycles. The summed E-state index contributed by atoms with van der Waals surface area (Å²) in [4.78, 5) is 0. The SMILES string of the molecule is COc1cc(C)cc(C)c1C(C)(O)c1cc(C)ccc1C. The number of benzene rings is 2. The Morgan fingerprint density at radius 2 is 1.57 bits per heavy atom. The first-order valence-electron chi connectivity index (χ1n) is 7.23. The Kier molecular flexibility index (Phi) is 4.11. The van der Waals surface area contributed by atoms with Crippen molar-refractivity contribution in [2.45, 2.75) is 40.2 Å². The Balaban J connectivity index is 2.72. The van der Waals surface area contributed by atoms with Crippen LogP contribution >= 0.6 is 0 Å². The van der Waals surface area contributed by atoms with Gasteiger partial charge in [0.2, 0.25) is 0 Å². The van der Waals surface area contributed by atoms with Gasteiger partial charge in [-0.05, 0) is 62.9 Å². The highest BCUT2D eigenvalue weighted by atomic mass is 16.5. The van der Waals surface area contributed by atoms with Gasteiger partial charge in [0, 0.05) is 5.56 Å². The molecule has 0 radical (unpaired) electrons. The van der Waals surface area contributed by atoms with Crippen molar-refractivity contribution in [1.29, 1.82) is 0 Å². The molecule has 0 fully saturated rings. The van der Waals surface area contributed by atoms with Crippen LogP contribution in [0.1, 0.15) is 40.3 Å². The third-order valence-corrected chi connectivity index (χ3v) is 4.07. The Bertz CT molecular complexity index is 670. The molecule has 0 aromatic heterocycles. The predicted octanol–water partition coefficient (Wildman–Crippen LogP) is 4.18. The average molecular weight is 284 g/mol. The largest absolute Gasteiger partial charge is 0.496 e. The molecule has 0 heterocycles. The van der Waals surface area contributed by atoms with Crippen molar-refractivity contribution in [3.05, 3.63) is 63.7 Å². The first-order chi connectivity index (χ1) is 9.77. The molecule has 2 rings (SSSR count). The van der Waals surface area contributed by atoms with Gasteiger partial charge < -0.3 is 9.84 Å². The minimum atomic E-state index is -1.08. The number of aliphatic hydroxyl groups is 1. The lowest BCUT2D eigenvalue weighted by Gasteiger charge is -2.30. The number of aryl methyl sites for hydroxylation is 4. The van der Waals surface area contributed by atoms with Crippen molar-refractivity contribution in [2.24, 2.45) is 0 Å². The van der Waals surface area contributed by atoms with Gasteiger partial charge in [0.25, 0.3) is 0 Å². The molecule has 0 saturated heterocycles. The van der Waals surface area contributed by atoms with Gasteiger partial charge in [0.1, 0.15) is 11.4 Å². The fourth-order valence-electron chi connectivity index (χ4n) is 3.11. The summed E-state index contributed by atoms with van der Waals surface area (Å²) in [6, 6.07) is 10.2. The Morgan fingerprint density at radius 3 is 2.19 bits per heavy atom. The highest BCUT2D eigenvalue weighted by Crippen LogP contribution is 2.39. The quantitative estimate of drug-likeness (QED) is 0.916. The third-order valence-electron chi connectivity index (χ3n) is 4.07. The van der Waals surface area contributed by atoms with Crippen LogP contribution in [0.2, 0.25) is 0 Å². The normalized spacial score (nSPS) is 13.9. The van der Waals surface area contributed by atoms with Gasteiger partial charge in [-0.2, -0.15) is 0 Å². The molecule has 112 valence electrons. The van der Waals surface area contributed by atoms with Crippen LogP contribution in [-0.4, -0.2) is 12.2 Å². The zero-order valence-corrected chi connectivity index (χ0v) is 13.7. The molecular weight excluding hydrogens is 260 g/mol. The summed E-state index contributed by atoms with van der Waals surface area (Å²) in [5, 5.41) is 11.3. The van der Waals surface area contributed by atoms with Crippen molar-refractivity contribution in [3.8, 4) is 5.75 Å². The average Bonchev–Trinajstić information content (AvgIpc) is 2.39. The van der Waals surface area contributed by atoms with E-state index in [0.717, 1.165) is 39.1 Å². The molecular formula is C19H24O2. The van der Waals surface area contributed by atoms with Gasteiger partial charge in [-0.15, -0.1) is 0 Å². The van der Waals surface area contributed by atoms with Crippen molar-refractivity contribution >= 4 is 0 Å². The molecule has 2 aromatic rings. The molecule has 0 bridgehead atoms. The fraction of sp³-hybridized carbons (Fsp3) is 0.368. The molecule has 1 N–H and O–H groups in total. The fourth-order valence-corrected chi connectivity index (χ4v) is 3.11. The lowest BCUT2D eigenvalue weighted by Crippen LogP contribution is -2.26. The summed E-state index contributed by atoms with van der Waals surface area (Å²) in [6.45, 7) is 9.96. The van der Waals surface area contributed by atoms with Gasteiger partial charge >= 0.3 is 0 Å². The van der Waals surface area contributed by atoms with Crippen molar-refractivity contribution < 1.29 is 9.84 Å². The van der Waals surface area contributed by atoms with Gasteiger partial charge in [-0.1, -0.05) is 29.8 Å². The van der Waals surface area contributed by atoms with E-state index in [-0.39, 0.29) is 0 Å². The summed E-state index contributed by atoms with van der Waals surface area (Å²) < 4.78 is 5.52. The molecule has 1 unspecified atom stereocenters. The summed E-state index contributed by atoms with van der Waals surface area (Å²) in [5.41, 5.74) is 5.06. The summed E-state index contributed by atoms with van der Waals surface area (Å²) >= 11 is 0. The van der Waals surface area contributed by atoms with E-state index in [2.05, 4.69) is 18.2 Å². The van der Waals surface area contributed by atoms with Crippen molar-refractivity contribution in [3.63, 3.8) is 0 Å². The smallest absolute Gasteiger partial charge is 0.125 e. The number of ether oxygens (including phenoxy) is 1. The van der Waals surface area contributed by atoms with E-state index in [4.69, 9.17) is 4.74 Å². The van der Waals surface area contributed by atoms with Crippen LogP contribution in [0, 0.1) is 27.7 Å². The molecule has 0 spiro atoms. The van der Waals surface area contributed by atoms with Crippen LogP contribution in [0.4, 0.5) is 0 Å². The maximum atomic E-state index is 11.3. The number of hydrogen-bond acceptors (Lipinski definition) is 2. The van der Waals surface area contributed by atoms with Gasteiger partial charge in [0.05, 0.1) is 7.11 Å². The number of hydrogen-bond donors (Lipinski definition) is 1. The minimum Gasteiger partial charge on any atom is -0.496 e. The van der Waals surface area contributed by atoms with Gasteiger partial charge in [-0.25, -0.2) is 0 Å². The lowest BCUT2D eigenvalue weighted by atomic mass is 9.81. The van der Waals surface area contributed by atoms with Crippen LogP contribution in [0.5, 0.6) is 5.75 Å². The summed E-state index contributed by atoms with van der Waals surface area (Å²) in [5.74, 6) is 0.735. The highest BCUT2D eigenvalue weighted by molar-refractivity contribution is 5.52. The van der Waals surface area contributed by atoms with Crippen LogP contribution in [0.3, 0.4) is 0 Å². The zero-order chi connectivity index (χ0) is 15.8. The Labute approximate surface area is 127 Å². The highest BCUT2D eigenvalue weighted by Gasteiger charge is 2.32. The predicted molar refractivity (Wildman–Crippen MR) is 87.1 cm³/mol. The molecule has 21 heavy (non-hydrogen) atoms. The van der Waals surface area contributed by atoms with E-state index < -0.39 is 5.60 Å². The second-order valence-electron chi connectivity index (χ2n) is 6.05. The zero-order valence-electron chi connectivity index (χ0n) is 13.7. The second-order valence-corrected chi connectivity index (χ2v) is 6.05. The van der Waals surface area contributed by atoms with E-state index in [0.29, 0.717) is 0 Å². The maximum Gasteiger partial charge on any atom is 0.125 e. The molecule has 2 aromatic carbocycles. The Morgan fingerprint density at radius 1 is 0.905 bits per heavy atom.